The lowest BCUT2D eigenvalue weighted by Gasteiger charge is -2.25. The van der Waals surface area contributed by atoms with Gasteiger partial charge in [-0.1, -0.05) is 6.92 Å². The fourth-order valence-electron chi connectivity index (χ4n) is 2.92. The summed E-state index contributed by atoms with van der Waals surface area (Å²) in [6.07, 6.45) is -4.41. The van der Waals surface area contributed by atoms with E-state index in [-0.39, 0.29) is 23.2 Å². The van der Waals surface area contributed by atoms with E-state index in [1.807, 2.05) is 32.0 Å². The maximum Gasteiger partial charge on any atom is 0.418 e. The second kappa shape index (κ2) is 5.57. The molecule has 3 nitrogen and oxygen atoms in total. The highest BCUT2D eigenvalue weighted by molar-refractivity contribution is 5.59. The molecular formula is C15H18F3N3. The van der Waals surface area contributed by atoms with Crippen LogP contribution in [-0.2, 0) is 6.18 Å². The van der Waals surface area contributed by atoms with Crippen molar-refractivity contribution in [1.82, 2.24) is 4.90 Å². The molecule has 0 saturated carbocycles. The number of likely N-dealkylation sites (N-methyl/N-ethyl adjacent to an activating group) is 1. The summed E-state index contributed by atoms with van der Waals surface area (Å²) in [6.45, 7) is 3.12. The highest BCUT2D eigenvalue weighted by atomic mass is 19.4. The van der Waals surface area contributed by atoms with Crippen LogP contribution in [0.3, 0.4) is 0 Å². The summed E-state index contributed by atoms with van der Waals surface area (Å²) in [5, 5.41) is 8.93. The lowest BCUT2D eigenvalue weighted by Crippen LogP contribution is -2.34. The van der Waals surface area contributed by atoms with Crippen LogP contribution in [0.4, 0.5) is 18.9 Å². The van der Waals surface area contributed by atoms with Crippen molar-refractivity contribution in [3.63, 3.8) is 0 Å². The molecule has 0 radical (unpaired) electrons. The first-order valence-electron chi connectivity index (χ1n) is 6.76. The molecule has 0 aliphatic carbocycles. The molecule has 1 aliphatic rings. The number of halogens is 3. The molecule has 1 aromatic rings. The van der Waals surface area contributed by atoms with Gasteiger partial charge in [-0.3, -0.25) is 0 Å². The quantitative estimate of drug-likeness (QED) is 0.841. The predicted molar refractivity (Wildman–Crippen MR) is 75.0 cm³/mol. The summed E-state index contributed by atoms with van der Waals surface area (Å²) in [6, 6.07) is 5.68. The molecule has 0 spiro atoms. The lowest BCUT2D eigenvalue weighted by atomic mass is 10.1. The maximum atomic E-state index is 13.2. The van der Waals surface area contributed by atoms with Crippen LogP contribution in [0.1, 0.15) is 18.1 Å². The van der Waals surface area contributed by atoms with Gasteiger partial charge in [0, 0.05) is 19.1 Å². The summed E-state index contributed by atoms with van der Waals surface area (Å²) >= 11 is 0. The minimum atomic E-state index is -4.41. The molecule has 0 N–H and O–H groups in total. The Morgan fingerprint density at radius 3 is 2.43 bits per heavy atom. The van der Waals surface area contributed by atoms with Crippen LogP contribution >= 0.6 is 0 Å². The van der Waals surface area contributed by atoms with Crippen LogP contribution in [0.25, 0.3) is 0 Å². The maximum absolute atomic E-state index is 13.2. The number of nitriles is 1. The Morgan fingerprint density at radius 1 is 1.29 bits per heavy atom. The molecule has 1 fully saturated rings. The normalized spacial score (nSPS) is 22.7. The second-order valence-corrected chi connectivity index (χ2v) is 5.75. The molecule has 114 valence electrons. The van der Waals surface area contributed by atoms with E-state index in [2.05, 4.69) is 0 Å². The van der Waals surface area contributed by atoms with Crippen molar-refractivity contribution in [3.8, 4) is 6.07 Å². The van der Waals surface area contributed by atoms with Crippen molar-refractivity contribution in [2.75, 3.05) is 32.1 Å². The first-order valence-corrected chi connectivity index (χ1v) is 6.76. The van der Waals surface area contributed by atoms with Gasteiger partial charge in [0.1, 0.15) is 0 Å². The number of hydrogen-bond acceptors (Lipinski definition) is 3. The van der Waals surface area contributed by atoms with E-state index in [1.54, 1.807) is 4.90 Å². The summed E-state index contributed by atoms with van der Waals surface area (Å²) < 4.78 is 39.5. The van der Waals surface area contributed by atoms with E-state index < -0.39 is 11.7 Å². The minimum Gasteiger partial charge on any atom is -0.369 e. The molecule has 2 unspecified atom stereocenters. The molecule has 0 amide bonds. The number of rotatable bonds is 2. The molecule has 2 atom stereocenters. The van der Waals surface area contributed by atoms with E-state index in [1.165, 1.54) is 12.1 Å². The van der Waals surface area contributed by atoms with Crippen molar-refractivity contribution < 1.29 is 13.2 Å². The Balaban J connectivity index is 2.41. The molecule has 1 aromatic carbocycles. The van der Waals surface area contributed by atoms with E-state index in [0.29, 0.717) is 13.1 Å². The highest BCUT2D eigenvalue weighted by Gasteiger charge is 2.38. The Bertz CT molecular complexity index is 560. The molecule has 1 heterocycles. The molecule has 1 aliphatic heterocycles. The number of benzene rings is 1. The van der Waals surface area contributed by atoms with Crippen molar-refractivity contribution >= 4 is 5.69 Å². The highest BCUT2D eigenvalue weighted by Crippen LogP contribution is 2.39. The van der Waals surface area contributed by atoms with Gasteiger partial charge >= 0.3 is 6.18 Å². The number of anilines is 1. The Labute approximate surface area is 122 Å². The molecule has 1 saturated heterocycles. The zero-order chi connectivity index (χ0) is 15.8. The first-order chi connectivity index (χ1) is 9.74. The third kappa shape index (κ3) is 3.13. The van der Waals surface area contributed by atoms with Crippen molar-refractivity contribution in [2.24, 2.45) is 5.92 Å². The lowest BCUT2D eigenvalue weighted by molar-refractivity contribution is -0.137. The minimum absolute atomic E-state index is 0.109. The second-order valence-electron chi connectivity index (χ2n) is 5.75. The average molecular weight is 297 g/mol. The zero-order valence-electron chi connectivity index (χ0n) is 12.3. The van der Waals surface area contributed by atoms with Crippen LogP contribution in [0.2, 0.25) is 0 Å². The number of nitrogens with zero attached hydrogens (tertiary/aromatic N) is 3. The van der Waals surface area contributed by atoms with Crippen molar-refractivity contribution in [1.29, 1.82) is 5.26 Å². The van der Waals surface area contributed by atoms with Crippen LogP contribution in [0, 0.1) is 17.2 Å². The Hall–Kier alpha value is -1.74. The van der Waals surface area contributed by atoms with Crippen LogP contribution < -0.4 is 4.90 Å². The molecule has 0 aromatic heterocycles. The number of alkyl halides is 3. The fourth-order valence-corrected chi connectivity index (χ4v) is 2.92. The standard InChI is InChI=1S/C15H18F3N3/c1-10-8-21(9-14(10)20(2)3)13-6-11(7-19)4-5-12(13)15(16,17)18/h4-6,10,14H,8-9H2,1-3H3. The monoisotopic (exact) mass is 297 g/mol. The van der Waals surface area contributed by atoms with Gasteiger partial charge in [-0.15, -0.1) is 0 Å². The predicted octanol–water partition coefficient (Wildman–Crippen LogP) is 2.96. The smallest absolute Gasteiger partial charge is 0.369 e. The third-order valence-electron chi connectivity index (χ3n) is 4.01. The molecule has 6 heteroatoms. The van der Waals surface area contributed by atoms with Gasteiger partial charge in [0.25, 0.3) is 0 Å². The Morgan fingerprint density at radius 2 is 1.95 bits per heavy atom. The SMILES string of the molecule is CC1CN(c2cc(C#N)ccc2C(F)(F)F)CC1N(C)C. The van der Waals surface area contributed by atoms with E-state index in [4.69, 9.17) is 5.26 Å². The van der Waals surface area contributed by atoms with Crippen LogP contribution in [0.15, 0.2) is 18.2 Å². The number of hydrogen-bond donors (Lipinski definition) is 0. The van der Waals surface area contributed by atoms with Crippen LogP contribution in [-0.4, -0.2) is 38.1 Å². The van der Waals surface area contributed by atoms with Gasteiger partial charge < -0.3 is 9.80 Å². The Kier molecular flexibility index (Phi) is 4.15. The third-order valence-corrected chi connectivity index (χ3v) is 4.01. The van der Waals surface area contributed by atoms with Crippen molar-refractivity contribution in [2.45, 2.75) is 19.1 Å². The van der Waals surface area contributed by atoms with Gasteiger partial charge in [0.15, 0.2) is 0 Å². The molecule has 2 rings (SSSR count). The summed E-state index contributed by atoms with van der Waals surface area (Å²) in [5.41, 5.74) is -0.315. The van der Waals surface area contributed by atoms with E-state index >= 15 is 0 Å². The van der Waals surface area contributed by atoms with E-state index in [9.17, 15) is 13.2 Å². The van der Waals surface area contributed by atoms with Gasteiger partial charge in [0.05, 0.1) is 22.9 Å². The summed E-state index contributed by atoms with van der Waals surface area (Å²) in [4.78, 5) is 3.77. The van der Waals surface area contributed by atoms with Crippen LogP contribution in [0.5, 0.6) is 0 Å². The summed E-state index contributed by atoms with van der Waals surface area (Å²) in [5.74, 6) is 0.270. The van der Waals surface area contributed by atoms with Gasteiger partial charge in [-0.25, -0.2) is 0 Å². The summed E-state index contributed by atoms with van der Waals surface area (Å²) in [7, 11) is 3.86. The largest absolute Gasteiger partial charge is 0.418 e. The fraction of sp³-hybridized carbons (Fsp3) is 0.533. The molecule has 21 heavy (non-hydrogen) atoms. The molecule has 0 bridgehead atoms. The van der Waals surface area contributed by atoms with Crippen molar-refractivity contribution in [3.05, 3.63) is 29.3 Å². The van der Waals surface area contributed by atoms with Gasteiger partial charge in [0.2, 0.25) is 0 Å². The zero-order valence-corrected chi connectivity index (χ0v) is 12.3. The van der Waals surface area contributed by atoms with E-state index in [0.717, 1.165) is 6.07 Å². The topological polar surface area (TPSA) is 30.3 Å². The molecular weight excluding hydrogens is 279 g/mol. The van der Waals surface area contributed by atoms with Gasteiger partial charge in [-0.05, 0) is 38.2 Å². The first kappa shape index (κ1) is 15.6. The average Bonchev–Trinajstić information content (AvgIpc) is 2.79. The van der Waals surface area contributed by atoms with Gasteiger partial charge in [-0.2, -0.15) is 18.4 Å².